The van der Waals surface area contributed by atoms with Gasteiger partial charge in [0.15, 0.2) is 5.78 Å². The van der Waals surface area contributed by atoms with Gasteiger partial charge >= 0.3 is 5.97 Å². The highest BCUT2D eigenvalue weighted by Gasteiger charge is 2.28. The summed E-state index contributed by atoms with van der Waals surface area (Å²) < 4.78 is 10.0. The van der Waals surface area contributed by atoms with Gasteiger partial charge in [0, 0.05) is 6.07 Å². The van der Waals surface area contributed by atoms with Crippen molar-refractivity contribution >= 4 is 11.8 Å². The van der Waals surface area contributed by atoms with Crippen molar-refractivity contribution in [2.45, 2.75) is 33.3 Å². The molecular weight excluding hydrogens is 248 g/mol. The van der Waals surface area contributed by atoms with Gasteiger partial charge in [-0.15, -0.1) is 10.2 Å². The largest absolute Gasteiger partial charge is 0.480 e. The fourth-order valence-corrected chi connectivity index (χ4v) is 1.28. The van der Waals surface area contributed by atoms with Gasteiger partial charge in [-0.25, -0.2) is 0 Å². The van der Waals surface area contributed by atoms with Crippen LogP contribution in [0.2, 0.25) is 0 Å². The Balaban J connectivity index is 2.78. The zero-order valence-corrected chi connectivity index (χ0v) is 11.8. The number of ether oxygens (including phenoxy) is 2. The maximum atomic E-state index is 12.0. The van der Waals surface area contributed by atoms with Crippen molar-refractivity contribution in [2.75, 3.05) is 7.11 Å². The van der Waals surface area contributed by atoms with E-state index in [1.165, 1.54) is 26.2 Å². The number of esters is 1. The summed E-state index contributed by atoms with van der Waals surface area (Å²) in [6, 6.07) is 2.98. The third kappa shape index (κ3) is 4.31. The third-order valence-electron chi connectivity index (χ3n) is 2.26. The molecule has 0 aromatic carbocycles. The molecule has 104 valence electrons. The number of nitrogens with zero attached hydrogens (tertiary/aromatic N) is 2. The summed E-state index contributed by atoms with van der Waals surface area (Å²) in [4.78, 5) is 23.8. The van der Waals surface area contributed by atoms with Crippen molar-refractivity contribution in [1.29, 1.82) is 0 Å². The maximum absolute atomic E-state index is 12.0. The van der Waals surface area contributed by atoms with Gasteiger partial charge in [-0.05, 0) is 33.8 Å². The molecule has 19 heavy (non-hydrogen) atoms. The molecule has 0 bridgehead atoms. The lowest BCUT2D eigenvalue weighted by Gasteiger charge is -2.21. The van der Waals surface area contributed by atoms with E-state index < -0.39 is 23.3 Å². The van der Waals surface area contributed by atoms with Crippen molar-refractivity contribution in [3.05, 3.63) is 17.8 Å². The van der Waals surface area contributed by atoms with Crippen LogP contribution in [0.5, 0.6) is 5.88 Å². The lowest BCUT2D eigenvalue weighted by Crippen LogP contribution is -2.31. The molecule has 0 spiro atoms. The van der Waals surface area contributed by atoms with Gasteiger partial charge in [0.25, 0.3) is 0 Å². The predicted molar refractivity (Wildman–Crippen MR) is 67.9 cm³/mol. The maximum Gasteiger partial charge on any atom is 0.317 e. The molecule has 0 fully saturated rings. The van der Waals surface area contributed by atoms with Crippen LogP contribution in [0.15, 0.2) is 12.1 Å². The lowest BCUT2D eigenvalue weighted by atomic mass is 10.0. The van der Waals surface area contributed by atoms with Crippen molar-refractivity contribution in [1.82, 2.24) is 10.2 Å². The highest BCUT2D eigenvalue weighted by atomic mass is 16.6. The molecule has 0 amide bonds. The average molecular weight is 266 g/mol. The first-order chi connectivity index (χ1) is 8.74. The van der Waals surface area contributed by atoms with Crippen LogP contribution in [-0.4, -0.2) is 34.7 Å². The van der Waals surface area contributed by atoms with Crippen LogP contribution < -0.4 is 4.74 Å². The average Bonchev–Trinajstić information content (AvgIpc) is 2.35. The Morgan fingerprint density at radius 1 is 1.21 bits per heavy atom. The van der Waals surface area contributed by atoms with E-state index in [-0.39, 0.29) is 5.69 Å². The summed E-state index contributed by atoms with van der Waals surface area (Å²) in [6.07, 6.45) is 0. The van der Waals surface area contributed by atoms with Crippen molar-refractivity contribution < 1.29 is 19.1 Å². The number of Topliss-reactive ketones (excluding diaryl/α,β-unsaturated/α-hetero) is 1. The van der Waals surface area contributed by atoms with E-state index in [2.05, 4.69) is 10.2 Å². The van der Waals surface area contributed by atoms with Crippen LogP contribution in [0.4, 0.5) is 0 Å². The monoisotopic (exact) mass is 266 g/mol. The Morgan fingerprint density at radius 2 is 1.84 bits per heavy atom. The van der Waals surface area contributed by atoms with E-state index in [1.54, 1.807) is 20.8 Å². The second kappa shape index (κ2) is 5.77. The van der Waals surface area contributed by atoms with E-state index in [9.17, 15) is 9.59 Å². The zero-order chi connectivity index (χ0) is 14.6. The minimum atomic E-state index is -0.915. The number of rotatable bonds is 4. The van der Waals surface area contributed by atoms with Crippen LogP contribution in [0.25, 0.3) is 0 Å². The summed E-state index contributed by atoms with van der Waals surface area (Å²) in [5.41, 5.74) is -0.517. The van der Waals surface area contributed by atoms with Crippen LogP contribution >= 0.6 is 0 Å². The molecule has 0 N–H and O–H groups in total. The molecule has 0 saturated heterocycles. The number of carbonyl (C=O) groups excluding carboxylic acids is 2. The minimum absolute atomic E-state index is 0.110. The number of methoxy groups -OCH3 is 1. The standard InChI is InChI=1S/C13H18N2O4/c1-8(12(17)19-13(2,3)4)11(16)9-6-7-10(18-5)15-14-9/h6-8H,1-5H3. The van der Waals surface area contributed by atoms with Crippen molar-refractivity contribution in [2.24, 2.45) is 5.92 Å². The number of carbonyl (C=O) groups is 2. The summed E-state index contributed by atoms with van der Waals surface area (Å²) in [5.74, 6) is -1.61. The molecule has 1 atom stereocenters. The van der Waals surface area contributed by atoms with E-state index in [0.717, 1.165) is 0 Å². The normalized spacial score (nSPS) is 12.7. The number of ketones is 1. The van der Waals surface area contributed by atoms with E-state index in [4.69, 9.17) is 9.47 Å². The smallest absolute Gasteiger partial charge is 0.317 e. The number of aromatic nitrogens is 2. The Kier molecular flexibility index (Phi) is 4.58. The Labute approximate surface area is 112 Å². The van der Waals surface area contributed by atoms with Gasteiger partial charge in [0.05, 0.1) is 7.11 Å². The molecule has 1 heterocycles. The van der Waals surface area contributed by atoms with Crippen LogP contribution in [0, 0.1) is 5.92 Å². The highest BCUT2D eigenvalue weighted by molar-refractivity contribution is 6.07. The molecular formula is C13H18N2O4. The first-order valence-corrected chi connectivity index (χ1v) is 5.89. The molecule has 0 aliphatic carbocycles. The van der Waals surface area contributed by atoms with Crippen LogP contribution in [0.3, 0.4) is 0 Å². The third-order valence-corrected chi connectivity index (χ3v) is 2.26. The second-order valence-electron chi connectivity index (χ2n) is 5.08. The first kappa shape index (κ1) is 15.1. The molecule has 6 heteroatoms. The number of hydrogen-bond donors (Lipinski definition) is 0. The topological polar surface area (TPSA) is 78.4 Å². The minimum Gasteiger partial charge on any atom is -0.480 e. The van der Waals surface area contributed by atoms with Gasteiger partial charge in [0.2, 0.25) is 5.88 Å². The fraction of sp³-hybridized carbons (Fsp3) is 0.538. The van der Waals surface area contributed by atoms with E-state index >= 15 is 0 Å². The quantitative estimate of drug-likeness (QED) is 0.468. The fourth-order valence-electron chi connectivity index (χ4n) is 1.28. The molecule has 6 nitrogen and oxygen atoms in total. The summed E-state index contributed by atoms with van der Waals surface area (Å²) in [7, 11) is 1.45. The molecule has 0 saturated carbocycles. The second-order valence-corrected chi connectivity index (χ2v) is 5.08. The number of hydrogen-bond acceptors (Lipinski definition) is 6. The molecule has 1 aromatic rings. The van der Waals surface area contributed by atoms with E-state index in [1.807, 2.05) is 0 Å². The lowest BCUT2D eigenvalue weighted by molar-refractivity contribution is -0.157. The molecule has 1 aromatic heterocycles. The Bertz CT molecular complexity index is 463. The Morgan fingerprint density at radius 3 is 2.26 bits per heavy atom. The summed E-state index contributed by atoms with van der Waals surface area (Å²) in [5, 5.41) is 7.41. The van der Waals surface area contributed by atoms with Crippen LogP contribution in [0.1, 0.15) is 38.2 Å². The highest BCUT2D eigenvalue weighted by Crippen LogP contribution is 2.15. The van der Waals surface area contributed by atoms with Gasteiger partial charge in [0.1, 0.15) is 17.2 Å². The molecule has 0 aliphatic heterocycles. The van der Waals surface area contributed by atoms with Gasteiger partial charge in [-0.1, -0.05) is 0 Å². The van der Waals surface area contributed by atoms with Crippen molar-refractivity contribution in [3.63, 3.8) is 0 Å². The molecule has 1 unspecified atom stereocenters. The van der Waals surface area contributed by atoms with E-state index in [0.29, 0.717) is 5.88 Å². The van der Waals surface area contributed by atoms with Gasteiger partial charge < -0.3 is 9.47 Å². The molecule has 0 aliphatic rings. The summed E-state index contributed by atoms with van der Waals surface area (Å²) in [6.45, 7) is 6.72. The van der Waals surface area contributed by atoms with Crippen molar-refractivity contribution in [3.8, 4) is 5.88 Å². The summed E-state index contributed by atoms with van der Waals surface area (Å²) >= 11 is 0. The SMILES string of the molecule is COc1ccc(C(=O)C(C)C(=O)OC(C)(C)C)nn1. The van der Waals surface area contributed by atoms with Crippen LogP contribution in [-0.2, 0) is 9.53 Å². The van der Waals surface area contributed by atoms with Gasteiger partial charge in [-0.2, -0.15) is 0 Å². The predicted octanol–water partition coefficient (Wildman–Crippen LogP) is 1.65. The molecule has 0 radical (unpaired) electrons. The zero-order valence-electron chi connectivity index (χ0n) is 11.8. The molecule has 1 rings (SSSR count). The first-order valence-electron chi connectivity index (χ1n) is 5.89. The Hall–Kier alpha value is -1.98. The van der Waals surface area contributed by atoms with Gasteiger partial charge in [-0.3, -0.25) is 9.59 Å².